The van der Waals surface area contributed by atoms with Crippen LogP contribution in [0.4, 0.5) is 24.8 Å². The summed E-state index contributed by atoms with van der Waals surface area (Å²) < 4.78 is 40.5. The van der Waals surface area contributed by atoms with E-state index in [4.69, 9.17) is 17.3 Å². The van der Waals surface area contributed by atoms with E-state index in [9.17, 15) is 18.0 Å². The zero-order chi connectivity index (χ0) is 22.6. The topological polar surface area (TPSA) is 85.8 Å². The lowest BCUT2D eigenvalue weighted by atomic mass is 10.1. The molecule has 0 bridgehead atoms. The number of hydrogen-bond acceptors (Lipinski definition) is 5. The average Bonchev–Trinajstić information content (AvgIpc) is 3.09. The Bertz CT molecular complexity index is 1060. The highest BCUT2D eigenvalue weighted by Crippen LogP contribution is 2.35. The molecule has 0 aliphatic heterocycles. The van der Waals surface area contributed by atoms with Gasteiger partial charge in [0.1, 0.15) is 6.04 Å². The maximum Gasteiger partial charge on any atom is 0.416 e. The fourth-order valence-electron chi connectivity index (χ4n) is 2.90. The van der Waals surface area contributed by atoms with Crippen molar-refractivity contribution in [2.45, 2.75) is 36.5 Å². The van der Waals surface area contributed by atoms with Gasteiger partial charge in [-0.1, -0.05) is 60.6 Å². The molecule has 0 aliphatic carbocycles. The molecule has 3 aromatic rings. The highest BCUT2D eigenvalue weighted by Gasteiger charge is 2.32. The zero-order valence-electron chi connectivity index (χ0n) is 16.4. The molecule has 164 valence electrons. The van der Waals surface area contributed by atoms with Crippen molar-refractivity contribution in [1.82, 2.24) is 14.8 Å². The normalized spacial score (nSPS) is 12.5. The van der Waals surface area contributed by atoms with Crippen molar-refractivity contribution in [2.75, 3.05) is 11.1 Å². The molecular weight excluding hydrogens is 451 g/mol. The molecule has 0 saturated heterocycles. The smallest absolute Gasteiger partial charge is 0.368 e. The lowest BCUT2D eigenvalue weighted by Crippen LogP contribution is -2.27. The average molecular weight is 470 g/mol. The number of nitrogen functional groups attached to an aromatic ring is 1. The van der Waals surface area contributed by atoms with E-state index in [1.165, 1.54) is 16.3 Å². The van der Waals surface area contributed by atoms with Crippen LogP contribution in [0.1, 0.15) is 30.5 Å². The Balaban J connectivity index is 1.82. The number of halogens is 4. The molecule has 3 rings (SSSR count). The van der Waals surface area contributed by atoms with E-state index in [0.717, 1.165) is 23.8 Å². The number of aromatic nitrogens is 3. The monoisotopic (exact) mass is 469 g/mol. The van der Waals surface area contributed by atoms with Crippen LogP contribution < -0.4 is 11.1 Å². The SMILES string of the molecule is CCC(C(=O)Nc1cc(C(F)(F)F)ccc1Cl)n1c(N)nnc1SCc1ccccc1. The number of nitrogens with one attached hydrogen (secondary N) is 1. The van der Waals surface area contributed by atoms with E-state index in [2.05, 4.69) is 15.5 Å². The van der Waals surface area contributed by atoms with E-state index < -0.39 is 23.7 Å². The first kappa shape index (κ1) is 23.0. The van der Waals surface area contributed by atoms with Crippen molar-refractivity contribution >= 4 is 40.9 Å². The number of carbonyl (C=O) groups is 1. The van der Waals surface area contributed by atoms with Crippen molar-refractivity contribution in [2.24, 2.45) is 0 Å². The Kier molecular flexibility index (Phi) is 7.11. The highest BCUT2D eigenvalue weighted by molar-refractivity contribution is 7.98. The summed E-state index contributed by atoms with van der Waals surface area (Å²) in [6, 6.07) is 11.6. The Labute approximate surface area is 186 Å². The molecule has 11 heteroatoms. The molecule has 1 atom stereocenters. The number of rotatable bonds is 7. The van der Waals surface area contributed by atoms with Gasteiger partial charge in [0.2, 0.25) is 11.9 Å². The summed E-state index contributed by atoms with van der Waals surface area (Å²) in [7, 11) is 0. The molecule has 0 aliphatic rings. The van der Waals surface area contributed by atoms with Crippen molar-refractivity contribution in [3.05, 3.63) is 64.7 Å². The number of amides is 1. The number of anilines is 2. The molecule has 0 spiro atoms. The molecule has 6 nitrogen and oxygen atoms in total. The molecule has 3 N–H and O–H groups in total. The van der Waals surface area contributed by atoms with E-state index in [0.29, 0.717) is 17.3 Å². The number of alkyl halides is 3. The molecule has 2 aromatic carbocycles. The van der Waals surface area contributed by atoms with Gasteiger partial charge in [-0.05, 0) is 30.2 Å². The minimum Gasteiger partial charge on any atom is -0.368 e. The summed E-state index contributed by atoms with van der Waals surface area (Å²) in [6.07, 6.45) is -4.25. The molecule has 31 heavy (non-hydrogen) atoms. The minimum atomic E-state index is -4.56. The van der Waals surface area contributed by atoms with Crippen LogP contribution in [0.15, 0.2) is 53.7 Å². The standard InChI is InChI=1S/C20H19ClF3N5OS/c1-2-16(17(30)26-15-10-13(20(22,23)24)8-9-14(15)21)29-18(25)27-28-19(29)31-11-12-6-4-3-5-7-12/h3-10,16H,2,11H2,1H3,(H2,25,27)(H,26,30). The zero-order valence-corrected chi connectivity index (χ0v) is 17.9. The predicted molar refractivity (Wildman–Crippen MR) is 115 cm³/mol. The summed E-state index contributed by atoms with van der Waals surface area (Å²) in [5, 5.41) is 10.8. The van der Waals surface area contributed by atoms with Crippen LogP contribution in [0.5, 0.6) is 0 Å². The van der Waals surface area contributed by atoms with Gasteiger partial charge in [-0.2, -0.15) is 13.2 Å². The van der Waals surface area contributed by atoms with Gasteiger partial charge in [0.15, 0.2) is 5.16 Å². The van der Waals surface area contributed by atoms with Crippen LogP contribution >= 0.6 is 23.4 Å². The third-order valence-electron chi connectivity index (χ3n) is 4.45. The van der Waals surface area contributed by atoms with Gasteiger partial charge in [0, 0.05) is 5.75 Å². The van der Waals surface area contributed by atoms with Crippen molar-refractivity contribution in [3.63, 3.8) is 0 Å². The van der Waals surface area contributed by atoms with Crippen LogP contribution in [-0.4, -0.2) is 20.7 Å². The first-order valence-electron chi connectivity index (χ1n) is 9.25. The van der Waals surface area contributed by atoms with Crippen LogP contribution in [-0.2, 0) is 16.7 Å². The van der Waals surface area contributed by atoms with E-state index in [-0.39, 0.29) is 16.7 Å². The van der Waals surface area contributed by atoms with Gasteiger partial charge < -0.3 is 11.1 Å². The highest BCUT2D eigenvalue weighted by atomic mass is 35.5. The lowest BCUT2D eigenvalue weighted by molar-refractivity contribution is -0.137. The van der Waals surface area contributed by atoms with E-state index in [1.54, 1.807) is 6.92 Å². The summed E-state index contributed by atoms with van der Waals surface area (Å²) in [5.74, 6) is 0.0423. The Morgan fingerprint density at radius 1 is 1.23 bits per heavy atom. The molecule has 1 aromatic heterocycles. The van der Waals surface area contributed by atoms with Crippen LogP contribution in [0, 0.1) is 0 Å². The van der Waals surface area contributed by atoms with Gasteiger partial charge in [-0.25, -0.2) is 0 Å². The second-order valence-electron chi connectivity index (χ2n) is 6.59. The second-order valence-corrected chi connectivity index (χ2v) is 7.94. The molecule has 0 saturated carbocycles. The molecule has 1 heterocycles. The molecular formula is C20H19ClF3N5OS. The number of benzene rings is 2. The van der Waals surface area contributed by atoms with Crippen molar-refractivity contribution < 1.29 is 18.0 Å². The van der Waals surface area contributed by atoms with Gasteiger partial charge >= 0.3 is 6.18 Å². The number of nitrogens with zero attached hydrogens (tertiary/aromatic N) is 3. The van der Waals surface area contributed by atoms with Gasteiger partial charge in [-0.3, -0.25) is 9.36 Å². The molecule has 1 unspecified atom stereocenters. The Hall–Kier alpha value is -2.72. The Morgan fingerprint density at radius 2 is 1.94 bits per heavy atom. The van der Waals surface area contributed by atoms with E-state index in [1.807, 2.05) is 30.3 Å². The minimum absolute atomic E-state index is 0.00777. The molecule has 0 radical (unpaired) electrons. The predicted octanol–water partition coefficient (Wildman–Crippen LogP) is 5.41. The van der Waals surface area contributed by atoms with Gasteiger partial charge in [-0.15, -0.1) is 10.2 Å². The van der Waals surface area contributed by atoms with E-state index >= 15 is 0 Å². The largest absolute Gasteiger partial charge is 0.416 e. The van der Waals surface area contributed by atoms with Crippen LogP contribution in [0.3, 0.4) is 0 Å². The number of nitrogens with two attached hydrogens (primary N) is 1. The summed E-state index contributed by atoms with van der Waals surface area (Å²) >= 11 is 7.35. The maximum atomic E-state index is 13.0. The number of carbonyl (C=O) groups excluding carboxylic acids is 1. The van der Waals surface area contributed by atoms with Crippen molar-refractivity contribution in [3.8, 4) is 0 Å². The van der Waals surface area contributed by atoms with Crippen LogP contribution in [0.25, 0.3) is 0 Å². The van der Waals surface area contributed by atoms with Gasteiger partial charge in [0.05, 0.1) is 16.3 Å². The maximum absolute atomic E-state index is 13.0. The third-order valence-corrected chi connectivity index (χ3v) is 5.80. The fourth-order valence-corrected chi connectivity index (χ4v) is 4.01. The second kappa shape index (κ2) is 9.61. The van der Waals surface area contributed by atoms with Crippen LogP contribution in [0.2, 0.25) is 5.02 Å². The fraction of sp³-hybridized carbons (Fsp3) is 0.250. The quantitative estimate of drug-likeness (QED) is 0.451. The first-order chi connectivity index (χ1) is 14.7. The summed E-state index contributed by atoms with van der Waals surface area (Å²) in [4.78, 5) is 12.9. The van der Waals surface area contributed by atoms with Crippen molar-refractivity contribution in [1.29, 1.82) is 0 Å². The first-order valence-corrected chi connectivity index (χ1v) is 10.6. The molecule has 0 fully saturated rings. The summed E-state index contributed by atoms with van der Waals surface area (Å²) in [6.45, 7) is 1.75. The van der Waals surface area contributed by atoms with Gasteiger partial charge in [0.25, 0.3) is 0 Å². The Morgan fingerprint density at radius 3 is 2.58 bits per heavy atom. The molecule has 1 amide bonds. The lowest BCUT2D eigenvalue weighted by Gasteiger charge is -2.20. The number of thioether (sulfide) groups is 1. The number of hydrogen-bond donors (Lipinski definition) is 2. The third kappa shape index (κ3) is 5.50. The summed E-state index contributed by atoms with van der Waals surface area (Å²) in [5.41, 5.74) is 5.95.